The Bertz CT molecular complexity index is 893. The van der Waals surface area contributed by atoms with Crippen LogP contribution < -0.4 is 0 Å². The molecule has 10 heteroatoms. The van der Waals surface area contributed by atoms with Gasteiger partial charge in [-0.05, 0) is 12.1 Å². The first-order valence-electron chi connectivity index (χ1n) is 7.14. The van der Waals surface area contributed by atoms with Crippen molar-refractivity contribution < 1.29 is 46.1 Å². The zero-order valence-electron chi connectivity index (χ0n) is 13.1. The van der Waals surface area contributed by atoms with Gasteiger partial charge in [0, 0.05) is 11.1 Å². The summed E-state index contributed by atoms with van der Waals surface area (Å²) in [6, 6.07) is 5.23. The molecule has 0 saturated heterocycles. The molecule has 0 amide bonds. The van der Waals surface area contributed by atoms with Crippen LogP contribution in [0, 0.1) is 0 Å². The minimum atomic E-state index is -6.27. The van der Waals surface area contributed by atoms with Crippen molar-refractivity contribution in [3.05, 3.63) is 70.8 Å². The van der Waals surface area contributed by atoms with Gasteiger partial charge >= 0.3 is 24.0 Å². The third-order valence-corrected chi connectivity index (χ3v) is 3.85. The Hall–Kier alpha value is -3.04. The van der Waals surface area contributed by atoms with E-state index in [-0.39, 0.29) is 6.07 Å². The largest absolute Gasteiger partial charge is 0.478 e. The maximum atomic E-state index is 15.2. The number of aromatic carboxylic acids is 2. The van der Waals surface area contributed by atoms with Gasteiger partial charge in [0.2, 0.25) is 0 Å². The molecule has 0 aliphatic heterocycles. The Morgan fingerprint density at radius 3 is 1.44 bits per heavy atom. The molecule has 2 aromatic carbocycles. The van der Waals surface area contributed by atoms with E-state index in [4.69, 9.17) is 10.2 Å². The minimum Gasteiger partial charge on any atom is -0.478 e. The Morgan fingerprint density at radius 1 is 0.667 bits per heavy atom. The van der Waals surface area contributed by atoms with Gasteiger partial charge in [-0.2, -0.15) is 22.0 Å². The molecule has 144 valence electrons. The fourth-order valence-electron chi connectivity index (χ4n) is 2.60. The van der Waals surface area contributed by atoms with Gasteiger partial charge in [0.25, 0.3) is 5.67 Å². The molecule has 2 aromatic rings. The predicted molar refractivity (Wildman–Crippen MR) is 79.5 cm³/mol. The van der Waals surface area contributed by atoms with E-state index in [0.29, 0.717) is 18.2 Å². The molecule has 2 N–H and O–H groups in total. The minimum absolute atomic E-state index is 0.272. The van der Waals surface area contributed by atoms with E-state index in [9.17, 15) is 31.5 Å². The SMILES string of the molecule is O=C(O)c1ccccc1C(F)(F)C(F)(c1ccccc1C(=O)O)C(F)(F)F. The quantitative estimate of drug-likeness (QED) is 0.730. The zero-order valence-corrected chi connectivity index (χ0v) is 13.1. The molecule has 0 radical (unpaired) electrons. The summed E-state index contributed by atoms with van der Waals surface area (Å²) in [5.41, 5.74) is -11.7. The Labute approximate surface area is 147 Å². The average molecular weight is 392 g/mol. The van der Waals surface area contributed by atoms with Crippen LogP contribution >= 0.6 is 0 Å². The summed E-state index contributed by atoms with van der Waals surface area (Å²) in [4.78, 5) is 22.3. The van der Waals surface area contributed by atoms with Crippen molar-refractivity contribution in [1.82, 2.24) is 0 Å². The molecule has 1 unspecified atom stereocenters. The average Bonchev–Trinajstić information content (AvgIpc) is 2.59. The van der Waals surface area contributed by atoms with Crippen LogP contribution in [0.25, 0.3) is 0 Å². The molecule has 0 aromatic heterocycles. The molecule has 0 bridgehead atoms. The summed E-state index contributed by atoms with van der Waals surface area (Å²) < 4.78 is 85.7. The van der Waals surface area contributed by atoms with Gasteiger partial charge in [0.15, 0.2) is 0 Å². The second-order valence-electron chi connectivity index (χ2n) is 5.43. The lowest BCUT2D eigenvalue weighted by Crippen LogP contribution is -2.52. The van der Waals surface area contributed by atoms with E-state index in [0.717, 1.165) is 24.3 Å². The summed E-state index contributed by atoms with van der Waals surface area (Å²) in [7, 11) is 0. The van der Waals surface area contributed by atoms with Crippen molar-refractivity contribution in [2.45, 2.75) is 17.8 Å². The highest BCUT2D eigenvalue weighted by atomic mass is 19.4. The molecular weight excluding hydrogens is 382 g/mol. The number of carbonyl (C=O) groups is 2. The van der Waals surface area contributed by atoms with E-state index in [1.807, 2.05) is 0 Å². The number of alkyl halides is 6. The van der Waals surface area contributed by atoms with Crippen molar-refractivity contribution in [2.24, 2.45) is 0 Å². The first kappa shape index (κ1) is 20.3. The van der Waals surface area contributed by atoms with Crippen LogP contribution in [-0.2, 0) is 11.6 Å². The van der Waals surface area contributed by atoms with Gasteiger partial charge in [0.1, 0.15) is 0 Å². The lowest BCUT2D eigenvalue weighted by molar-refractivity contribution is -0.314. The standard InChI is InChI=1S/C17H10F6O4/c18-15(17(21,22)23,11-7-3-1-5-9(11)13(24)25)16(19,20)12-8-4-2-6-10(12)14(26)27/h1-8H,(H,24,25)(H,26,27). The van der Waals surface area contributed by atoms with Crippen molar-refractivity contribution in [1.29, 1.82) is 0 Å². The normalized spacial score (nSPS) is 14.4. The summed E-state index contributed by atoms with van der Waals surface area (Å²) >= 11 is 0. The molecule has 0 fully saturated rings. The fourth-order valence-corrected chi connectivity index (χ4v) is 2.60. The van der Waals surface area contributed by atoms with Crippen LogP contribution in [0.15, 0.2) is 48.5 Å². The Balaban J connectivity index is 2.90. The lowest BCUT2D eigenvalue weighted by Gasteiger charge is -2.36. The predicted octanol–water partition coefficient (Wildman–Crippen LogP) is 4.60. The maximum absolute atomic E-state index is 15.2. The molecule has 1 atom stereocenters. The first-order chi connectivity index (χ1) is 12.4. The molecule has 27 heavy (non-hydrogen) atoms. The monoisotopic (exact) mass is 392 g/mol. The summed E-state index contributed by atoms with van der Waals surface area (Å²) in [5.74, 6) is -9.51. The maximum Gasteiger partial charge on any atom is 0.433 e. The van der Waals surface area contributed by atoms with Gasteiger partial charge in [0.05, 0.1) is 11.1 Å². The smallest absolute Gasteiger partial charge is 0.433 e. The van der Waals surface area contributed by atoms with Gasteiger partial charge in [-0.25, -0.2) is 14.0 Å². The molecule has 2 rings (SSSR count). The highest BCUT2D eigenvalue weighted by Gasteiger charge is 2.73. The van der Waals surface area contributed by atoms with Crippen LogP contribution in [0.4, 0.5) is 26.3 Å². The number of benzene rings is 2. The molecule has 0 saturated carbocycles. The highest BCUT2D eigenvalue weighted by molar-refractivity contribution is 5.91. The summed E-state index contributed by atoms with van der Waals surface area (Å²) in [5, 5.41) is 18.0. The van der Waals surface area contributed by atoms with E-state index in [1.165, 1.54) is 0 Å². The first-order valence-corrected chi connectivity index (χ1v) is 7.14. The number of carboxylic acid groups (broad SMARTS) is 2. The van der Waals surface area contributed by atoms with Crippen molar-refractivity contribution in [2.75, 3.05) is 0 Å². The molecule has 0 aliphatic rings. The van der Waals surface area contributed by atoms with Gasteiger partial charge in [-0.1, -0.05) is 36.4 Å². The number of hydrogen-bond acceptors (Lipinski definition) is 2. The van der Waals surface area contributed by atoms with Crippen LogP contribution in [0.2, 0.25) is 0 Å². The van der Waals surface area contributed by atoms with Crippen LogP contribution in [0.1, 0.15) is 31.8 Å². The fraction of sp³-hybridized carbons (Fsp3) is 0.176. The van der Waals surface area contributed by atoms with Gasteiger partial charge < -0.3 is 10.2 Å². The highest BCUT2D eigenvalue weighted by Crippen LogP contribution is 2.58. The Kier molecular flexibility index (Phi) is 4.96. The van der Waals surface area contributed by atoms with Crippen LogP contribution in [-0.4, -0.2) is 28.3 Å². The summed E-state index contributed by atoms with van der Waals surface area (Å²) in [6.45, 7) is 0. The van der Waals surface area contributed by atoms with Crippen LogP contribution in [0.5, 0.6) is 0 Å². The molecule has 0 spiro atoms. The summed E-state index contributed by atoms with van der Waals surface area (Å²) in [6.07, 6.45) is -6.27. The third kappa shape index (κ3) is 3.11. The Morgan fingerprint density at radius 2 is 1.04 bits per heavy atom. The molecular formula is C17H10F6O4. The van der Waals surface area contributed by atoms with Gasteiger partial charge in [-0.15, -0.1) is 0 Å². The van der Waals surface area contributed by atoms with Crippen LogP contribution in [0.3, 0.4) is 0 Å². The van der Waals surface area contributed by atoms with E-state index < -0.39 is 52.0 Å². The second kappa shape index (κ2) is 6.60. The number of carboxylic acids is 2. The molecule has 4 nitrogen and oxygen atoms in total. The number of rotatable bonds is 5. The third-order valence-electron chi connectivity index (χ3n) is 3.85. The van der Waals surface area contributed by atoms with Crippen molar-refractivity contribution in [3.63, 3.8) is 0 Å². The lowest BCUT2D eigenvalue weighted by atomic mass is 9.80. The molecule has 0 aliphatic carbocycles. The number of halogens is 6. The zero-order chi connectivity index (χ0) is 20.6. The van der Waals surface area contributed by atoms with E-state index in [2.05, 4.69) is 0 Å². The number of hydrogen-bond donors (Lipinski definition) is 2. The second-order valence-corrected chi connectivity index (χ2v) is 5.43. The van der Waals surface area contributed by atoms with E-state index >= 15 is 4.39 Å². The van der Waals surface area contributed by atoms with Crippen molar-refractivity contribution in [3.8, 4) is 0 Å². The topological polar surface area (TPSA) is 74.6 Å². The molecule has 0 heterocycles. The van der Waals surface area contributed by atoms with E-state index in [1.54, 1.807) is 0 Å². The van der Waals surface area contributed by atoms with Crippen molar-refractivity contribution >= 4 is 11.9 Å². The van der Waals surface area contributed by atoms with Gasteiger partial charge in [-0.3, -0.25) is 0 Å².